The van der Waals surface area contributed by atoms with Gasteiger partial charge < -0.3 is 14.8 Å². The summed E-state index contributed by atoms with van der Waals surface area (Å²) in [5.74, 6) is 1.05. The lowest BCUT2D eigenvalue weighted by Crippen LogP contribution is -2.38. The van der Waals surface area contributed by atoms with Crippen LogP contribution in [0.1, 0.15) is 50.8 Å². The van der Waals surface area contributed by atoms with E-state index in [1.54, 1.807) is 18.9 Å². The fourth-order valence-corrected chi connectivity index (χ4v) is 5.36. The lowest BCUT2D eigenvalue weighted by molar-refractivity contribution is -0.118. The number of allylic oxidation sites excluding steroid dienone is 1. The summed E-state index contributed by atoms with van der Waals surface area (Å²) in [6.45, 7) is 6.12. The molecule has 1 atom stereocenters. The number of methoxy groups -OCH3 is 1. The van der Waals surface area contributed by atoms with Gasteiger partial charge in [0.15, 0.2) is 17.3 Å². The zero-order valence-corrected chi connectivity index (χ0v) is 21.7. The second-order valence-electron chi connectivity index (χ2n) is 10.5. The minimum absolute atomic E-state index is 0.0466. The summed E-state index contributed by atoms with van der Waals surface area (Å²) in [6, 6.07) is 22.7. The van der Waals surface area contributed by atoms with E-state index in [4.69, 9.17) is 9.47 Å². The van der Waals surface area contributed by atoms with Crippen molar-refractivity contribution in [2.24, 2.45) is 5.41 Å². The summed E-state index contributed by atoms with van der Waals surface area (Å²) >= 11 is 0. The quantitative estimate of drug-likeness (QED) is 0.440. The predicted octanol–water partition coefficient (Wildman–Crippen LogP) is 6.44. The smallest absolute Gasteiger partial charge is 0.224 e. The van der Waals surface area contributed by atoms with Gasteiger partial charge in [-0.05, 0) is 47.2 Å². The maximum absolute atomic E-state index is 13.7. The van der Waals surface area contributed by atoms with Gasteiger partial charge in [-0.15, -0.1) is 0 Å². The van der Waals surface area contributed by atoms with Crippen molar-refractivity contribution >= 4 is 23.1 Å². The van der Waals surface area contributed by atoms with Crippen molar-refractivity contribution < 1.29 is 19.1 Å². The maximum atomic E-state index is 13.7. The van der Waals surface area contributed by atoms with Crippen molar-refractivity contribution in [3.63, 3.8) is 0 Å². The fraction of sp³-hybridized carbons (Fsp3) is 0.290. The first-order valence-corrected chi connectivity index (χ1v) is 12.5. The highest BCUT2D eigenvalue weighted by Crippen LogP contribution is 2.49. The van der Waals surface area contributed by atoms with Gasteiger partial charge in [0.2, 0.25) is 5.91 Å². The van der Waals surface area contributed by atoms with Gasteiger partial charge in [0.05, 0.1) is 24.5 Å². The Bertz CT molecular complexity index is 1380. The molecule has 0 saturated carbocycles. The van der Waals surface area contributed by atoms with Gasteiger partial charge in [0.1, 0.15) is 6.61 Å². The highest BCUT2D eigenvalue weighted by molar-refractivity contribution is 6.05. The van der Waals surface area contributed by atoms with Crippen molar-refractivity contribution in [1.82, 2.24) is 0 Å². The van der Waals surface area contributed by atoms with Crippen LogP contribution in [-0.4, -0.2) is 18.8 Å². The highest BCUT2D eigenvalue weighted by atomic mass is 16.5. The van der Waals surface area contributed by atoms with Gasteiger partial charge in [-0.3, -0.25) is 14.5 Å². The molecule has 3 aromatic rings. The average molecular weight is 497 g/mol. The number of carbonyl (C=O) groups is 2. The lowest BCUT2D eigenvalue weighted by atomic mass is 9.73. The number of hydrogen-bond donors (Lipinski definition) is 1. The molecule has 0 radical (unpaired) electrons. The molecule has 37 heavy (non-hydrogen) atoms. The van der Waals surface area contributed by atoms with Crippen molar-refractivity contribution in [2.45, 2.75) is 46.3 Å². The molecule has 0 saturated heterocycles. The third-order valence-electron chi connectivity index (χ3n) is 6.98. The molecular formula is C31H32N2O4. The number of hydrogen-bond acceptors (Lipinski definition) is 5. The fourth-order valence-electron chi connectivity index (χ4n) is 5.36. The van der Waals surface area contributed by atoms with E-state index in [0.717, 1.165) is 28.2 Å². The number of amides is 1. The van der Waals surface area contributed by atoms with E-state index in [-0.39, 0.29) is 17.1 Å². The summed E-state index contributed by atoms with van der Waals surface area (Å²) in [7, 11) is 1.60. The summed E-state index contributed by atoms with van der Waals surface area (Å²) in [4.78, 5) is 28.7. The van der Waals surface area contributed by atoms with Gasteiger partial charge in [-0.25, -0.2) is 0 Å². The van der Waals surface area contributed by atoms with Crippen LogP contribution in [0.5, 0.6) is 11.5 Å². The molecule has 0 fully saturated rings. The molecule has 0 aromatic heterocycles. The van der Waals surface area contributed by atoms with Crippen LogP contribution in [0.15, 0.2) is 84.1 Å². The van der Waals surface area contributed by atoms with Crippen molar-refractivity contribution in [3.05, 3.63) is 95.2 Å². The van der Waals surface area contributed by atoms with Crippen LogP contribution in [0.3, 0.4) is 0 Å². The number of nitrogens with zero attached hydrogens (tertiary/aromatic N) is 1. The van der Waals surface area contributed by atoms with Crippen molar-refractivity contribution in [3.8, 4) is 11.5 Å². The highest BCUT2D eigenvalue weighted by Gasteiger charge is 2.42. The molecule has 1 aliphatic carbocycles. The molecule has 0 unspecified atom stereocenters. The number of nitrogens with one attached hydrogen (secondary N) is 1. The monoisotopic (exact) mass is 496 g/mol. The van der Waals surface area contributed by atoms with Crippen LogP contribution in [0.25, 0.3) is 0 Å². The van der Waals surface area contributed by atoms with Gasteiger partial charge in [0, 0.05) is 24.6 Å². The van der Waals surface area contributed by atoms with Crippen LogP contribution in [0.4, 0.5) is 11.4 Å². The molecule has 0 bridgehead atoms. The van der Waals surface area contributed by atoms with Gasteiger partial charge in [-0.1, -0.05) is 62.4 Å². The molecule has 5 rings (SSSR count). The Balaban J connectivity index is 1.66. The molecule has 190 valence electrons. The molecule has 6 nitrogen and oxygen atoms in total. The SMILES string of the molecule is COc1ccc([C@H]2C3=C(CC(C)(C)CC3=O)Nc3ccccc3N2C(C)=O)cc1OCc1ccccc1. The zero-order chi connectivity index (χ0) is 26.2. The Morgan fingerprint density at radius 3 is 2.46 bits per heavy atom. The lowest BCUT2D eigenvalue weighted by Gasteiger charge is -2.37. The van der Waals surface area contributed by atoms with E-state index in [9.17, 15) is 9.59 Å². The van der Waals surface area contributed by atoms with Crippen LogP contribution in [0, 0.1) is 5.41 Å². The number of anilines is 2. The van der Waals surface area contributed by atoms with Gasteiger partial charge in [0.25, 0.3) is 0 Å². The van der Waals surface area contributed by atoms with Crippen LogP contribution < -0.4 is 19.7 Å². The van der Waals surface area contributed by atoms with E-state index in [0.29, 0.717) is 36.5 Å². The largest absolute Gasteiger partial charge is 0.493 e. The Morgan fingerprint density at radius 2 is 1.73 bits per heavy atom. The minimum atomic E-state index is -0.600. The Hall–Kier alpha value is -4.06. The summed E-state index contributed by atoms with van der Waals surface area (Å²) in [6.07, 6.45) is 1.12. The molecular weight excluding hydrogens is 464 g/mol. The van der Waals surface area contributed by atoms with Gasteiger partial charge in [-0.2, -0.15) is 0 Å². The second-order valence-corrected chi connectivity index (χ2v) is 10.5. The molecule has 1 aliphatic heterocycles. The number of carbonyl (C=O) groups excluding carboxylic acids is 2. The molecule has 3 aromatic carbocycles. The van der Waals surface area contributed by atoms with E-state index in [1.807, 2.05) is 72.8 Å². The van der Waals surface area contributed by atoms with Crippen molar-refractivity contribution in [1.29, 1.82) is 0 Å². The van der Waals surface area contributed by atoms with Crippen LogP contribution in [0.2, 0.25) is 0 Å². The van der Waals surface area contributed by atoms with E-state index in [1.165, 1.54) is 0 Å². The van der Waals surface area contributed by atoms with Crippen molar-refractivity contribution in [2.75, 3.05) is 17.3 Å². The summed E-state index contributed by atoms with van der Waals surface area (Å²) < 4.78 is 11.8. The molecule has 1 amide bonds. The summed E-state index contributed by atoms with van der Waals surface area (Å²) in [5, 5.41) is 3.52. The normalized spacial score (nSPS) is 18.3. The van der Waals surface area contributed by atoms with E-state index < -0.39 is 6.04 Å². The first-order chi connectivity index (χ1) is 17.8. The van der Waals surface area contributed by atoms with Gasteiger partial charge >= 0.3 is 0 Å². The third-order valence-corrected chi connectivity index (χ3v) is 6.98. The van der Waals surface area contributed by atoms with Crippen LogP contribution in [-0.2, 0) is 16.2 Å². The first-order valence-electron chi connectivity index (χ1n) is 12.5. The molecule has 1 N–H and O–H groups in total. The molecule has 0 spiro atoms. The van der Waals surface area contributed by atoms with Crippen LogP contribution >= 0.6 is 0 Å². The zero-order valence-electron chi connectivity index (χ0n) is 21.7. The van der Waals surface area contributed by atoms with E-state index in [2.05, 4.69) is 19.2 Å². The maximum Gasteiger partial charge on any atom is 0.224 e. The van der Waals surface area contributed by atoms with E-state index >= 15 is 0 Å². The summed E-state index contributed by atoms with van der Waals surface area (Å²) in [5.41, 5.74) is 4.68. The molecule has 6 heteroatoms. The number of fused-ring (bicyclic) bond motifs is 1. The third kappa shape index (κ3) is 4.84. The topological polar surface area (TPSA) is 67.9 Å². The number of ether oxygens (including phenoxy) is 2. The molecule has 1 heterocycles. The number of para-hydroxylation sites is 2. The average Bonchev–Trinajstić information content (AvgIpc) is 3.01. The number of rotatable bonds is 5. The standard InChI is InChI=1S/C31H32N2O4/c1-20(34)33-25-13-9-8-12-23(25)32-24-17-31(2,3)18-26(35)29(24)30(33)22-14-15-27(36-4)28(16-22)37-19-21-10-6-5-7-11-21/h5-16,30,32H,17-19H2,1-4H3/t30-/m0/s1. The minimum Gasteiger partial charge on any atom is -0.493 e. The number of benzene rings is 3. The predicted molar refractivity (Wildman–Crippen MR) is 145 cm³/mol. The Kier molecular flexibility index (Phi) is 6.50. The Morgan fingerprint density at radius 1 is 1.00 bits per heavy atom. The first kappa shape index (κ1) is 24.6. The number of ketones is 1. The number of Topliss-reactive ketones (excluding diaryl/α,β-unsaturated/α-hetero) is 1. The second kappa shape index (κ2) is 9.77. The Labute approximate surface area is 217 Å². The molecule has 2 aliphatic rings.